The number of hydrogen-bond donors (Lipinski definition) is 2. The highest BCUT2D eigenvalue weighted by atomic mass is 32.1. The average molecular weight is 241 g/mol. The number of hydrogen-bond acceptors (Lipinski definition) is 4. The van der Waals surface area contributed by atoms with Crippen molar-refractivity contribution < 1.29 is 4.79 Å². The molecule has 4 nitrogen and oxygen atoms in total. The normalized spacial score (nSPS) is 11.6. The molecule has 0 spiro atoms. The van der Waals surface area contributed by atoms with E-state index in [1.807, 2.05) is 6.92 Å². The molecule has 0 aliphatic rings. The maximum atomic E-state index is 11.5. The van der Waals surface area contributed by atoms with Gasteiger partial charge in [0.05, 0.1) is 16.2 Å². The van der Waals surface area contributed by atoms with Crippen LogP contribution in [0.4, 0.5) is 0 Å². The third-order valence-corrected chi connectivity index (χ3v) is 3.42. The highest BCUT2D eigenvalue weighted by molar-refractivity contribution is 7.11. The largest absolute Gasteiger partial charge is 0.354 e. The molecule has 0 unspecified atom stereocenters. The lowest BCUT2D eigenvalue weighted by molar-refractivity contribution is -0.125. The number of nitrogens with zero attached hydrogens (tertiary/aromatic N) is 1. The molecule has 1 amide bonds. The van der Waals surface area contributed by atoms with Gasteiger partial charge >= 0.3 is 0 Å². The number of thiazole rings is 1. The summed E-state index contributed by atoms with van der Waals surface area (Å²) >= 11 is 1.68. The zero-order chi connectivity index (χ0) is 12.3. The molecule has 1 heterocycles. The molecule has 1 aromatic heterocycles. The van der Waals surface area contributed by atoms with Crippen LogP contribution in [0, 0.1) is 13.8 Å². The van der Waals surface area contributed by atoms with E-state index >= 15 is 0 Å². The van der Waals surface area contributed by atoms with Gasteiger partial charge in [-0.1, -0.05) is 0 Å². The predicted molar refractivity (Wildman–Crippen MR) is 66.6 cm³/mol. The van der Waals surface area contributed by atoms with Crippen LogP contribution >= 0.6 is 11.3 Å². The highest BCUT2D eigenvalue weighted by Crippen LogP contribution is 2.16. The van der Waals surface area contributed by atoms with Crippen molar-refractivity contribution in [1.82, 2.24) is 10.3 Å². The lowest BCUT2D eigenvalue weighted by Crippen LogP contribution is -2.49. The predicted octanol–water partition coefficient (Wildman–Crippen LogP) is 1.16. The summed E-state index contributed by atoms with van der Waals surface area (Å²) in [5.74, 6) is -0.127. The van der Waals surface area contributed by atoms with Gasteiger partial charge in [-0.3, -0.25) is 4.79 Å². The Kier molecular flexibility index (Phi) is 4.04. The van der Waals surface area contributed by atoms with Crippen LogP contribution in [0.5, 0.6) is 0 Å². The van der Waals surface area contributed by atoms with E-state index in [0.29, 0.717) is 6.54 Å². The molecule has 5 heteroatoms. The Morgan fingerprint density at radius 1 is 1.50 bits per heavy atom. The van der Waals surface area contributed by atoms with Gasteiger partial charge in [0.2, 0.25) is 5.91 Å². The van der Waals surface area contributed by atoms with Gasteiger partial charge in [0.15, 0.2) is 0 Å². The van der Waals surface area contributed by atoms with Crippen LogP contribution in [-0.2, 0) is 11.2 Å². The quantitative estimate of drug-likeness (QED) is 0.831. The Bertz CT molecular complexity index is 360. The van der Waals surface area contributed by atoms with Crippen molar-refractivity contribution in [3.8, 4) is 0 Å². The molecule has 0 fully saturated rings. The monoisotopic (exact) mass is 241 g/mol. The van der Waals surface area contributed by atoms with Gasteiger partial charge in [-0.2, -0.15) is 0 Å². The first-order valence-electron chi connectivity index (χ1n) is 5.31. The molecule has 0 saturated carbocycles. The molecule has 0 atom stereocenters. The molecule has 0 aliphatic carbocycles. The second-order valence-corrected chi connectivity index (χ2v) is 5.76. The van der Waals surface area contributed by atoms with Crippen molar-refractivity contribution >= 4 is 17.2 Å². The Balaban J connectivity index is 2.39. The molecule has 0 bridgehead atoms. The van der Waals surface area contributed by atoms with Gasteiger partial charge in [-0.05, 0) is 27.7 Å². The number of carbonyl (C=O) groups excluding carboxylic acids is 1. The van der Waals surface area contributed by atoms with E-state index < -0.39 is 5.54 Å². The number of aryl methyl sites for hydroxylation is 2. The SMILES string of the molecule is Cc1nc(CCNC(=O)C(C)(C)N)sc1C. The second kappa shape index (κ2) is 4.93. The Labute approximate surface area is 100 Å². The van der Waals surface area contributed by atoms with Gasteiger partial charge in [0.1, 0.15) is 0 Å². The minimum Gasteiger partial charge on any atom is -0.354 e. The smallest absolute Gasteiger partial charge is 0.239 e. The summed E-state index contributed by atoms with van der Waals surface area (Å²) in [6.07, 6.45) is 0.765. The molecule has 16 heavy (non-hydrogen) atoms. The molecule has 0 aliphatic heterocycles. The minimum absolute atomic E-state index is 0.127. The Morgan fingerprint density at radius 3 is 2.56 bits per heavy atom. The van der Waals surface area contributed by atoms with Crippen molar-refractivity contribution in [2.24, 2.45) is 5.73 Å². The van der Waals surface area contributed by atoms with E-state index in [1.165, 1.54) is 4.88 Å². The maximum absolute atomic E-state index is 11.5. The van der Waals surface area contributed by atoms with Crippen molar-refractivity contribution in [1.29, 1.82) is 0 Å². The summed E-state index contributed by atoms with van der Waals surface area (Å²) in [6.45, 7) is 8.03. The second-order valence-electron chi connectivity index (χ2n) is 4.48. The zero-order valence-electron chi connectivity index (χ0n) is 10.3. The first kappa shape index (κ1) is 13.1. The van der Waals surface area contributed by atoms with Crippen molar-refractivity contribution in [2.45, 2.75) is 39.7 Å². The molecule has 1 rings (SSSR count). The number of carbonyl (C=O) groups is 1. The number of nitrogens with two attached hydrogens (primary N) is 1. The van der Waals surface area contributed by atoms with Crippen LogP contribution in [0.1, 0.15) is 29.4 Å². The fourth-order valence-corrected chi connectivity index (χ4v) is 2.09. The molecule has 1 aromatic rings. The number of rotatable bonds is 4. The van der Waals surface area contributed by atoms with E-state index in [0.717, 1.165) is 17.1 Å². The van der Waals surface area contributed by atoms with Gasteiger partial charge in [-0.25, -0.2) is 4.98 Å². The Morgan fingerprint density at radius 2 is 2.12 bits per heavy atom. The third-order valence-electron chi connectivity index (χ3n) is 2.28. The van der Waals surface area contributed by atoms with E-state index in [9.17, 15) is 4.79 Å². The lowest BCUT2D eigenvalue weighted by Gasteiger charge is -2.17. The van der Waals surface area contributed by atoms with Crippen molar-refractivity contribution in [3.63, 3.8) is 0 Å². The van der Waals surface area contributed by atoms with Crippen molar-refractivity contribution in [3.05, 3.63) is 15.6 Å². The summed E-state index contributed by atoms with van der Waals surface area (Å²) < 4.78 is 0. The van der Waals surface area contributed by atoms with Crippen LogP contribution < -0.4 is 11.1 Å². The van der Waals surface area contributed by atoms with Crippen LogP contribution in [0.2, 0.25) is 0 Å². The van der Waals surface area contributed by atoms with Crippen LogP contribution in [0.25, 0.3) is 0 Å². The average Bonchev–Trinajstić information content (AvgIpc) is 2.44. The first-order chi connectivity index (χ1) is 7.30. The molecule has 0 saturated heterocycles. The molecule has 0 radical (unpaired) electrons. The summed E-state index contributed by atoms with van der Waals surface area (Å²) in [7, 11) is 0. The zero-order valence-corrected chi connectivity index (χ0v) is 11.1. The van der Waals surface area contributed by atoms with Gasteiger partial charge in [0, 0.05) is 17.8 Å². The van der Waals surface area contributed by atoms with Crippen LogP contribution in [-0.4, -0.2) is 23.0 Å². The number of aromatic nitrogens is 1. The van der Waals surface area contributed by atoms with Crippen LogP contribution in [0.3, 0.4) is 0 Å². The fraction of sp³-hybridized carbons (Fsp3) is 0.636. The van der Waals surface area contributed by atoms with Crippen LogP contribution in [0.15, 0.2) is 0 Å². The minimum atomic E-state index is -0.811. The first-order valence-corrected chi connectivity index (χ1v) is 6.12. The summed E-state index contributed by atoms with van der Waals surface area (Å²) in [6, 6.07) is 0. The maximum Gasteiger partial charge on any atom is 0.239 e. The molecule has 90 valence electrons. The molecular formula is C11H19N3OS. The van der Waals surface area contributed by atoms with E-state index in [1.54, 1.807) is 25.2 Å². The fourth-order valence-electron chi connectivity index (χ4n) is 1.16. The highest BCUT2D eigenvalue weighted by Gasteiger charge is 2.20. The number of nitrogens with one attached hydrogen (secondary N) is 1. The standard InChI is InChI=1S/C11H19N3OS/c1-7-8(2)16-9(14-7)5-6-13-10(15)11(3,4)12/h5-6,12H2,1-4H3,(H,13,15). The molecule has 3 N–H and O–H groups in total. The number of amides is 1. The third kappa shape index (κ3) is 3.57. The Hall–Kier alpha value is -0.940. The van der Waals surface area contributed by atoms with Gasteiger partial charge < -0.3 is 11.1 Å². The van der Waals surface area contributed by atoms with E-state index in [-0.39, 0.29) is 5.91 Å². The summed E-state index contributed by atoms with van der Waals surface area (Å²) in [5, 5.41) is 3.86. The van der Waals surface area contributed by atoms with E-state index in [2.05, 4.69) is 17.2 Å². The topological polar surface area (TPSA) is 68.0 Å². The van der Waals surface area contributed by atoms with Gasteiger partial charge in [-0.15, -0.1) is 11.3 Å². The summed E-state index contributed by atoms with van der Waals surface area (Å²) in [5.41, 5.74) is 5.93. The summed E-state index contributed by atoms with van der Waals surface area (Å²) in [4.78, 5) is 17.1. The van der Waals surface area contributed by atoms with Gasteiger partial charge in [0.25, 0.3) is 0 Å². The molecular weight excluding hydrogens is 222 g/mol. The van der Waals surface area contributed by atoms with E-state index in [4.69, 9.17) is 5.73 Å². The lowest BCUT2D eigenvalue weighted by atomic mass is 10.1. The molecule has 0 aromatic carbocycles. The van der Waals surface area contributed by atoms with Crippen molar-refractivity contribution in [2.75, 3.05) is 6.54 Å².